The molecule has 25 heavy (non-hydrogen) atoms. The summed E-state index contributed by atoms with van der Waals surface area (Å²) in [6.45, 7) is 6.25. The quantitative estimate of drug-likeness (QED) is 0.627. The summed E-state index contributed by atoms with van der Waals surface area (Å²) in [6.07, 6.45) is 1.70. The molecule has 1 unspecified atom stereocenters. The Morgan fingerprint density at radius 3 is 2.76 bits per heavy atom. The maximum Gasteiger partial charge on any atom is 0.237 e. The van der Waals surface area contributed by atoms with Crippen molar-refractivity contribution in [3.05, 3.63) is 35.4 Å². The molecule has 6 nitrogen and oxygen atoms in total. The Kier molecular flexibility index (Phi) is 8.90. The van der Waals surface area contributed by atoms with E-state index in [4.69, 9.17) is 19.9 Å². The van der Waals surface area contributed by atoms with Gasteiger partial charge in [-0.15, -0.1) is 0 Å². The lowest BCUT2D eigenvalue weighted by molar-refractivity contribution is -0.124. The van der Waals surface area contributed by atoms with E-state index in [1.54, 1.807) is 0 Å². The first kappa shape index (κ1) is 19.8. The molecule has 140 valence electrons. The van der Waals surface area contributed by atoms with Crippen LogP contribution in [0.25, 0.3) is 0 Å². The highest BCUT2D eigenvalue weighted by Crippen LogP contribution is 2.17. The van der Waals surface area contributed by atoms with Crippen LogP contribution in [0.1, 0.15) is 30.9 Å². The van der Waals surface area contributed by atoms with E-state index >= 15 is 0 Å². The zero-order chi connectivity index (χ0) is 17.9. The van der Waals surface area contributed by atoms with Crippen molar-refractivity contribution in [2.75, 3.05) is 33.0 Å². The molecule has 1 aromatic carbocycles. The molecule has 1 saturated heterocycles. The average Bonchev–Trinajstić information content (AvgIpc) is 2.66. The van der Waals surface area contributed by atoms with Gasteiger partial charge in [0, 0.05) is 26.4 Å². The van der Waals surface area contributed by atoms with E-state index < -0.39 is 6.04 Å². The van der Waals surface area contributed by atoms with Crippen LogP contribution < -0.4 is 11.1 Å². The highest BCUT2D eigenvalue weighted by Gasteiger charge is 2.26. The summed E-state index contributed by atoms with van der Waals surface area (Å²) in [7, 11) is 0. The zero-order valence-corrected chi connectivity index (χ0v) is 15.0. The number of amides is 1. The van der Waals surface area contributed by atoms with Crippen molar-refractivity contribution in [1.29, 1.82) is 0 Å². The largest absolute Gasteiger partial charge is 0.381 e. The van der Waals surface area contributed by atoms with Crippen LogP contribution in [0.3, 0.4) is 0 Å². The topological polar surface area (TPSA) is 82.8 Å². The maximum atomic E-state index is 12.3. The molecule has 1 aliphatic heterocycles. The molecule has 0 radical (unpaired) electrons. The minimum absolute atomic E-state index is 0.0923. The van der Waals surface area contributed by atoms with Gasteiger partial charge in [0.15, 0.2) is 0 Å². The summed E-state index contributed by atoms with van der Waals surface area (Å²) >= 11 is 0. The Hall–Kier alpha value is -1.47. The van der Waals surface area contributed by atoms with Crippen molar-refractivity contribution in [3.63, 3.8) is 0 Å². The smallest absolute Gasteiger partial charge is 0.237 e. The van der Waals surface area contributed by atoms with Crippen molar-refractivity contribution in [3.8, 4) is 0 Å². The normalized spacial score (nSPS) is 16.6. The van der Waals surface area contributed by atoms with Gasteiger partial charge in [0.1, 0.15) is 0 Å². The third-order valence-electron chi connectivity index (χ3n) is 4.38. The van der Waals surface area contributed by atoms with E-state index in [1.807, 2.05) is 31.2 Å². The predicted octanol–water partition coefficient (Wildman–Crippen LogP) is 1.61. The van der Waals surface area contributed by atoms with Crippen molar-refractivity contribution < 1.29 is 19.0 Å². The lowest BCUT2D eigenvalue weighted by Gasteiger charge is -2.26. The van der Waals surface area contributed by atoms with Gasteiger partial charge in [0.2, 0.25) is 5.91 Å². The predicted molar refractivity (Wildman–Crippen MR) is 96.0 cm³/mol. The van der Waals surface area contributed by atoms with E-state index in [1.165, 1.54) is 0 Å². The first-order valence-electron chi connectivity index (χ1n) is 9.05. The van der Waals surface area contributed by atoms with Gasteiger partial charge in [0.25, 0.3) is 0 Å². The molecular formula is C19H30N2O4. The number of carbonyl (C=O) groups is 1. The number of nitrogens with two attached hydrogens (primary N) is 1. The molecule has 6 heteroatoms. The Morgan fingerprint density at radius 2 is 2.00 bits per heavy atom. The minimum Gasteiger partial charge on any atom is -0.381 e. The third-order valence-corrected chi connectivity index (χ3v) is 4.38. The zero-order valence-electron chi connectivity index (χ0n) is 15.0. The fraction of sp³-hybridized carbons (Fsp3) is 0.632. The molecule has 1 aromatic rings. The summed E-state index contributed by atoms with van der Waals surface area (Å²) in [4.78, 5) is 12.3. The van der Waals surface area contributed by atoms with E-state index in [9.17, 15) is 4.79 Å². The first-order chi connectivity index (χ1) is 12.2. The van der Waals surface area contributed by atoms with Crippen LogP contribution in [0.4, 0.5) is 0 Å². The van der Waals surface area contributed by atoms with Crippen molar-refractivity contribution in [2.24, 2.45) is 11.7 Å². The molecule has 0 saturated carbocycles. The lowest BCUT2D eigenvalue weighted by atomic mass is 9.92. The van der Waals surface area contributed by atoms with Crippen LogP contribution in [0.2, 0.25) is 0 Å². The maximum absolute atomic E-state index is 12.3. The van der Waals surface area contributed by atoms with Gasteiger partial charge in [0.05, 0.1) is 25.9 Å². The summed E-state index contributed by atoms with van der Waals surface area (Å²) in [5.41, 5.74) is 8.21. The fourth-order valence-corrected chi connectivity index (χ4v) is 2.88. The standard InChI is InChI=1S/C19H30N2O4/c1-2-23-10-11-25-14-16-5-3-4-15(12-16)13-21-19(22)18(20)17-6-8-24-9-7-17/h3-5,12,17-18H,2,6-11,13-14,20H2,1H3,(H,21,22). The summed E-state index contributed by atoms with van der Waals surface area (Å²) in [5, 5.41) is 2.94. The van der Waals surface area contributed by atoms with Gasteiger partial charge in [-0.2, -0.15) is 0 Å². The SMILES string of the molecule is CCOCCOCc1cccc(CNC(=O)C(N)C2CCOCC2)c1. The molecule has 1 aliphatic rings. The number of hydrogen-bond acceptors (Lipinski definition) is 5. The summed E-state index contributed by atoms with van der Waals surface area (Å²) < 4.78 is 16.1. The Bertz CT molecular complexity index is 518. The van der Waals surface area contributed by atoms with Crippen molar-refractivity contribution in [1.82, 2.24) is 5.32 Å². The van der Waals surface area contributed by atoms with Crippen LogP contribution in [0.15, 0.2) is 24.3 Å². The second-order valence-electron chi connectivity index (χ2n) is 6.26. The highest BCUT2D eigenvalue weighted by atomic mass is 16.5. The molecule has 1 fully saturated rings. The van der Waals surface area contributed by atoms with Gasteiger partial charge < -0.3 is 25.3 Å². The monoisotopic (exact) mass is 350 g/mol. The van der Waals surface area contributed by atoms with E-state index in [0.29, 0.717) is 46.2 Å². The summed E-state index contributed by atoms with van der Waals surface area (Å²) in [5.74, 6) is 0.115. The molecule has 0 aromatic heterocycles. The molecule has 1 amide bonds. The molecule has 0 spiro atoms. The van der Waals surface area contributed by atoms with Crippen LogP contribution in [-0.4, -0.2) is 45.0 Å². The molecular weight excluding hydrogens is 320 g/mol. The van der Waals surface area contributed by atoms with Crippen molar-refractivity contribution >= 4 is 5.91 Å². The number of hydrogen-bond donors (Lipinski definition) is 2. The Morgan fingerprint density at radius 1 is 1.28 bits per heavy atom. The molecule has 1 heterocycles. The second-order valence-corrected chi connectivity index (χ2v) is 6.26. The van der Waals surface area contributed by atoms with Crippen LogP contribution >= 0.6 is 0 Å². The Labute approximate surface area is 150 Å². The molecule has 3 N–H and O–H groups in total. The molecule has 0 aliphatic carbocycles. The molecule has 0 bridgehead atoms. The lowest BCUT2D eigenvalue weighted by Crippen LogP contribution is -2.46. The summed E-state index contributed by atoms with van der Waals surface area (Å²) in [6, 6.07) is 7.56. The van der Waals surface area contributed by atoms with E-state index in [2.05, 4.69) is 5.32 Å². The number of carbonyl (C=O) groups excluding carboxylic acids is 1. The average molecular weight is 350 g/mol. The number of nitrogens with one attached hydrogen (secondary N) is 1. The number of benzene rings is 1. The van der Waals surface area contributed by atoms with Crippen LogP contribution in [0, 0.1) is 5.92 Å². The minimum atomic E-state index is -0.464. The van der Waals surface area contributed by atoms with Crippen LogP contribution in [0.5, 0.6) is 0 Å². The third kappa shape index (κ3) is 7.12. The van der Waals surface area contributed by atoms with Gasteiger partial charge >= 0.3 is 0 Å². The van der Waals surface area contributed by atoms with Gasteiger partial charge in [-0.05, 0) is 36.8 Å². The first-order valence-corrected chi connectivity index (χ1v) is 9.05. The van der Waals surface area contributed by atoms with Gasteiger partial charge in [-0.3, -0.25) is 4.79 Å². The van der Waals surface area contributed by atoms with E-state index in [-0.39, 0.29) is 11.8 Å². The number of ether oxygens (including phenoxy) is 3. The van der Waals surface area contributed by atoms with Gasteiger partial charge in [-0.25, -0.2) is 0 Å². The highest BCUT2D eigenvalue weighted by molar-refractivity contribution is 5.81. The number of rotatable bonds is 10. The van der Waals surface area contributed by atoms with E-state index in [0.717, 1.165) is 24.0 Å². The van der Waals surface area contributed by atoms with Crippen LogP contribution in [-0.2, 0) is 32.2 Å². The van der Waals surface area contributed by atoms with Gasteiger partial charge in [-0.1, -0.05) is 24.3 Å². The molecule has 2 rings (SSSR count). The van der Waals surface area contributed by atoms with Crippen molar-refractivity contribution in [2.45, 2.75) is 39.0 Å². The fourth-order valence-electron chi connectivity index (χ4n) is 2.88. The Balaban J connectivity index is 1.74. The second kappa shape index (κ2) is 11.2. The molecule has 1 atom stereocenters.